The fourth-order valence-corrected chi connectivity index (χ4v) is 5.01. The monoisotopic (exact) mass is 586 g/mol. The van der Waals surface area contributed by atoms with Gasteiger partial charge in [-0.1, -0.05) is 48.5 Å². The van der Waals surface area contributed by atoms with Gasteiger partial charge in [0.25, 0.3) is 0 Å². The number of hydrogen-bond acceptors (Lipinski definition) is 10. The van der Waals surface area contributed by atoms with E-state index < -0.39 is 53.1 Å². The molecule has 0 saturated carbocycles. The van der Waals surface area contributed by atoms with Crippen molar-refractivity contribution in [3.05, 3.63) is 95.6 Å². The van der Waals surface area contributed by atoms with Crippen molar-refractivity contribution >= 4 is 42.9 Å². The minimum absolute atomic E-state index is 0. The third kappa shape index (κ3) is 7.35. The van der Waals surface area contributed by atoms with Gasteiger partial charge in [-0.15, -0.1) is 0 Å². The van der Waals surface area contributed by atoms with Crippen LogP contribution in [0.1, 0.15) is 26.3 Å². The molecule has 4 rings (SSSR count). The summed E-state index contributed by atoms with van der Waals surface area (Å²) >= 11 is 0. The smallest absolute Gasteiger partial charge is 0.744 e. The van der Waals surface area contributed by atoms with E-state index >= 15 is 0 Å². The van der Waals surface area contributed by atoms with Gasteiger partial charge in [-0.05, 0) is 42.8 Å². The number of rotatable bonds is 6. The number of carbonyl (C=O) groups excluding carboxylic acids is 2. The van der Waals surface area contributed by atoms with E-state index in [1.54, 1.807) is 24.3 Å². The average Bonchev–Trinajstić information content (AvgIpc) is 2.85. The predicted molar refractivity (Wildman–Crippen MR) is 127 cm³/mol. The molecule has 39 heavy (non-hydrogen) atoms. The Morgan fingerprint density at radius 1 is 0.641 bits per heavy atom. The topological polar surface area (TPSA) is 167 Å². The second-order valence-corrected chi connectivity index (χ2v) is 10.4. The van der Waals surface area contributed by atoms with Gasteiger partial charge < -0.3 is 18.6 Å². The summed E-state index contributed by atoms with van der Waals surface area (Å²) in [6.45, 7) is 1.53. The van der Waals surface area contributed by atoms with E-state index in [0.717, 1.165) is 24.3 Å². The van der Waals surface area contributed by atoms with Gasteiger partial charge in [0.1, 0.15) is 31.7 Å². The SMILES string of the molecule is Cc1cc(OC(=O)c2ccccc2S(=O)(=O)[O-])c2ccccc2c1OC(=O)c1ccccc1S(=O)(=O)[O-].[Na+].[Na+]. The maximum absolute atomic E-state index is 12.9. The fraction of sp³-hybridized carbons (Fsp3) is 0.0400. The van der Waals surface area contributed by atoms with Gasteiger partial charge in [0, 0.05) is 10.8 Å². The van der Waals surface area contributed by atoms with Crippen LogP contribution in [-0.4, -0.2) is 37.9 Å². The van der Waals surface area contributed by atoms with E-state index in [-0.39, 0.29) is 76.0 Å². The van der Waals surface area contributed by atoms with Crippen molar-refractivity contribution < 1.29 is 104 Å². The summed E-state index contributed by atoms with van der Waals surface area (Å²) in [6, 6.07) is 17.3. The Labute approximate surface area is 268 Å². The van der Waals surface area contributed by atoms with Gasteiger partial charge in [0.05, 0.1) is 20.9 Å². The normalized spacial score (nSPS) is 11.2. The van der Waals surface area contributed by atoms with Crippen LogP contribution in [0.15, 0.2) is 88.7 Å². The summed E-state index contributed by atoms with van der Waals surface area (Å²) in [4.78, 5) is 24.2. The van der Waals surface area contributed by atoms with Gasteiger partial charge in [-0.2, -0.15) is 0 Å². The molecule has 10 nitrogen and oxygen atoms in total. The van der Waals surface area contributed by atoms with Crippen molar-refractivity contribution in [2.45, 2.75) is 16.7 Å². The molecule has 0 aromatic heterocycles. The molecule has 0 spiro atoms. The third-order valence-electron chi connectivity index (χ3n) is 5.29. The van der Waals surface area contributed by atoms with E-state index in [1.165, 1.54) is 37.3 Å². The summed E-state index contributed by atoms with van der Waals surface area (Å²) in [5, 5.41) is 0.585. The number of aryl methyl sites for hydroxylation is 1. The molecular weight excluding hydrogens is 570 g/mol. The van der Waals surface area contributed by atoms with Crippen molar-refractivity contribution in [3.63, 3.8) is 0 Å². The first-order chi connectivity index (χ1) is 17.4. The first-order valence-corrected chi connectivity index (χ1v) is 13.3. The van der Waals surface area contributed by atoms with Crippen molar-refractivity contribution in [1.82, 2.24) is 0 Å². The summed E-state index contributed by atoms with van der Waals surface area (Å²) in [6.07, 6.45) is 0. The van der Waals surface area contributed by atoms with Crippen LogP contribution in [0.5, 0.6) is 11.5 Å². The van der Waals surface area contributed by atoms with Crippen LogP contribution >= 0.6 is 0 Å². The molecular formula is C25H16Na2O10S2. The number of benzene rings is 4. The summed E-state index contributed by atoms with van der Waals surface area (Å²) in [7, 11) is -9.91. The largest absolute Gasteiger partial charge is 1.00 e. The molecule has 0 saturated heterocycles. The summed E-state index contributed by atoms with van der Waals surface area (Å²) in [5.74, 6) is -2.19. The fourth-order valence-electron chi connectivity index (χ4n) is 3.68. The Balaban J connectivity index is 0.00000267. The Morgan fingerprint density at radius 2 is 1.05 bits per heavy atom. The van der Waals surface area contributed by atoms with E-state index in [4.69, 9.17) is 9.47 Å². The Hall–Kier alpha value is -2.10. The van der Waals surface area contributed by atoms with E-state index in [9.17, 15) is 35.5 Å². The molecule has 0 aliphatic carbocycles. The van der Waals surface area contributed by atoms with Gasteiger partial charge in [-0.25, -0.2) is 26.4 Å². The van der Waals surface area contributed by atoms with E-state index in [2.05, 4.69) is 0 Å². The quantitative estimate of drug-likeness (QED) is 0.101. The van der Waals surface area contributed by atoms with Crippen LogP contribution in [0.25, 0.3) is 10.8 Å². The maximum atomic E-state index is 12.9. The number of carbonyl (C=O) groups is 2. The molecule has 0 bridgehead atoms. The Morgan fingerprint density at radius 3 is 1.54 bits per heavy atom. The van der Waals surface area contributed by atoms with E-state index in [0.29, 0.717) is 10.9 Å². The van der Waals surface area contributed by atoms with Gasteiger partial charge in [0.15, 0.2) is 0 Å². The third-order valence-corrected chi connectivity index (χ3v) is 7.08. The summed E-state index contributed by atoms with van der Waals surface area (Å²) in [5.41, 5.74) is -0.612. The van der Waals surface area contributed by atoms with Crippen molar-refractivity contribution in [1.29, 1.82) is 0 Å². The molecule has 0 aliphatic heterocycles. The van der Waals surface area contributed by atoms with Crippen LogP contribution in [0.3, 0.4) is 0 Å². The molecule has 0 heterocycles. The Bertz CT molecular complexity index is 1790. The molecule has 4 aromatic carbocycles. The number of esters is 2. The molecule has 0 unspecified atom stereocenters. The van der Waals surface area contributed by atoms with Crippen LogP contribution < -0.4 is 68.6 Å². The zero-order chi connectivity index (χ0) is 27.0. The maximum Gasteiger partial charge on any atom is 1.00 e. The van der Waals surface area contributed by atoms with Crippen LogP contribution in [0, 0.1) is 6.92 Å². The van der Waals surface area contributed by atoms with Gasteiger partial charge >= 0.3 is 71.1 Å². The summed E-state index contributed by atoms with van der Waals surface area (Å²) < 4.78 is 80.3. The van der Waals surface area contributed by atoms with Gasteiger partial charge in [0.2, 0.25) is 0 Å². The zero-order valence-corrected chi connectivity index (χ0v) is 26.5. The minimum atomic E-state index is -4.96. The number of ether oxygens (including phenoxy) is 2. The molecule has 0 fully saturated rings. The molecule has 0 N–H and O–H groups in total. The van der Waals surface area contributed by atoms with Gasteiger partial charge in [-0.3, -0.25) is 0 Å². The molecule has 14 heteroatoms. The molecule has 0 amide bonds. The minimum Gasteiger partial charge on any atom is -0.744 e. The molecule has 0 aliphatic rings. The molecule has 0 radical (unpaired) electrons. The van der Waals surface area contributed by atoms with Crippen molar-refractivity contribution in [2.75, 3.05) is 0 Å². The molecule has 4 aromatic rings. The zero-order valence-electron chi connectivity index (χ0n) is 20.9. The predicted octanol–water partition coefficient (Wildman–Crippen LogP) is -2.60. The van der Waals surface area contributed by atoms with Crippen LogP contribution in [0.4, 0.5) is 0 Å². The van der Waals surface area contributed by atoms with E-state index in [1.807, 2.05) is 0 Å². The second-order valence-electron chi connectivity index (χ2n) is 7.75. The van der Waals surface area contributed by atoms with Crippen molar-refractivity contribution in [2.24, 2.45) is 0 Å². The Kier molecular flexibility index (Phi) is 11.1. The van der Waals surface area contributed by atoms with Crippen LogP contribution in [0.2, 0.25) is 0 Å². The molecule has 190 valence electrons. The first-order valence-electron chi connectivity index (χ1n) is 10.4. The van der Waals surface area contributed by atoms with Crippen molar-refractivity contribution in [3.8, 4) is 11.5 Å². The van der Waals surface area contributed by atoms with Crippen LogP contribution in [-0.2, 0) is 20.2 Å². The number of fused-ring (bicyclic) bond motifs is 1. The molecule has 0 atom stereocenters. The average molecular weight is 587 g/mol. The first kappa shape index (κ1) is 33.1. The number of hydrogen-bond donors (Lipinski definition) is 0. The second kappa shape index (κ2) is 13.0. The standard InChI is InChI=1S/C25H18O10S2.2Na/c1-15-14-20(34-24(26)18-10-4-6-12-21(18)36(28,29)30)16-8-2-3-9-17(16)23(15)35-25(27)19-11-5-7-13-22(19)37(31,32)33;;/h2-14H,1H3,(H,28,29,30)(H,31,32,33);;/q;2*+1/p-2.